The van der Waals surface area contributed by atoms with Crippen molar-refractivity contribution < 1.29 is 22.3 Å². The molecule has 2 unspecified atom stereocenters. The van der Waals surface area contributed by atoms with Crippen molar-refractivity contribution in [3.05, 3.63) is 35.4 Å². The molecule has 0 heterocycles. The van der Waals surface area contributed by atoms with Crippen LogP contribution in [0.4, 0.5) is 8.78 Å². The van der Waals surface area contributed by atoms with Crippen LogP contribution in [0.5, 0.6) is 0 Å². The van der Waals surface area contributed by atoms with Crippen molar-refractivity contribution in [1.82, 2.24) is 9.03 Å². The van der Waals surface area contributed by atoms with E-state index >= 15 is 0 Å². The van der Waals surface area contributed by atoms with Crippen molar-refractivity contribution in [1.29, 1.82) is 0 Å². The minimum absolute atomic E-state index is 0.559. The highest BCUT2D eigenvalue weighted by atomic mass is 32.2. The molecule has 5 nitrogen and oxygen atoms in total. The Bertz CT molecular complexity index is 529. The second-order valence-electron chi connectivity index (χ2n) is 4.27. The normalized spacial score (nSPS) is 15.5. The predicted octanol–water partition coefficient (Wildman–Crippen LogP) is 0.783. The highest BCUT2D eigenvalue weighted by Crippen LogP contribution is 2.23. The van der Waals surface area contributed by atoms with Gasteiger partial charge in [-0.2, -0.15) is 17.4 Å². The molecule has 0 amide bonds. The number of aliphatic hydroxyl groups is 1. The van der Waals surface area contributed by atoms with E-state index in [1.807, 2.05) is 0 Å². The van der Waals surface area contributed by atoms with E-state index in [9.17, 15) is 22.3 Å². The first-order valence-corrected chi connectivity index (χ1v) is 6.92. The summed E-state index contributed by atoms with van der Waals surface area (Å²) < 4.78 is 53.1. The Labute approximate surface area is 111 Å². The van der Waals surface area contributed by atoms with E-state index in [0.717, 1.165) is 22.5 Å². The molecular formula is C11H16F2N2O3S. The Morgan fingerprint density at radius 1 is 1.26 bits per heavy atom. The van der Waals surface area contributed by atoms with Crippen LogP contribution in [0, 0.1) is 11.6 Å². The summed E-state index contributed by atoms with van der Waals surface area (Å²) in [6.45, 7) is 1.32. The van der Waals surface area contributed by atoms with Crippen LogP contribution in [-0.2, 0) is 10.2 Å². The van der Waals surface area contributed by atoms with Crippen LogP contribution in [0.2, 0.25) is 0 Å². The van der Waals surface area contributed by atoms with Gasteiger partial charge in [-0.15, -0.1) is 0 Å². The number of nitrogens with zero attached hydrogens (tertiary/aromatic N) is 1. The third-order valence-electron chi connectivity index (χ3n) is 2.58. The number of hydrogen-bond donors (Lipinski definition) is 2. The van der Waals surface area contributed by atoms with Crippen molar-refractivity contribution in [3.63, 3.8) is 0 Å². The lowest BCUT2D eigenvalue weighted by atomic mass is 10.0. The van der Waals surface area contributed by atoms with E-state index in [-0.39, 0.29) is 0 Å². The molecule has 0 aliphatic carbocycles. The molecule has 0 fully saturated rings. The van der Waals surface area contributed by atoms with Gasteiger partial charge in [0.05, 0.1) is 11.6 Å². The van der Waals surface area contributed by atoms with E-state index in [1.165, 1.54) is 21.0 Å². The molecule has 0 aliphatic rings. The molecule has 0 saturated carbocycles. The second-order valence-corrected chi connectivity index (χ2v) is 6.19. The highest BCUT2D eigenvalue weighted by Gasteiger charge is 2.27. The molecule has 0 spiro atoms. The fourth-order valence-corrected chi connectivity index (χ4v) is 2.26. The van der Waals surface area contributed by atoms with Crippen LogP contribution in [0.25, 0.3) is 0 Å². The number of benzene rings is 1. The quantitative estimate of drug-likeness (QED) is 0.843. The molecular weight excluding hydrogens is 278 g/mol. The largest absolute Gasteiger partial charge is 0.387 e. The Hall–Kier alpha value is -1.09. The maximum absolute atomic E-state index is 13.5. The van der Waals surface area contributed by atoms with E-state index in [0.29, 0.717) is 0 Å². The maximum Gasteiger partial charge on any atom is 0.279 e. The van der Waals surface area contributed by atoms with Gasteiger partial charge < -0.3 is 5.11 Å². The molecule has 0 bridgehead atoms. The molecule has 0 radical (unpaired) electrons. The lowest BCUT2D eigenvalue weighted by molar-refractivity contribution is 0.136. The van der Waals surface area contributed by atoms with E-state index in [4.69, 9.17) is 0 Å². The number of rotatable bonds is 5. The van der Waals surface area contributed by atoms with Gasteiger partial charge >= 0.3 is 0 Å². The van der Waals surface area contributed by atoms with Gasteiger partial charge in [0.15, 0.2) is 0 Å². The molecule has 19 heavy (non-hydrogen) atoms. The molecule has 2 N–H and O–H groups in total. The highest BCUT2D eigenvalue weighted by molar-refractivity contribution is 7.87. The van der Waals surface area contributed by atoms with E-state index < -0.39 is 39.6 Å². The summed E-state index contributed by atoms with van der Waals surface area (Å²) >= 11 is 0. The Morgan fingerprint density at radius 2 is 1.74 bits per heavy atom. The van der Waals surface area contributed by atoms with Gasteiger partial charge in [0.1, 0.15) is 17.7 Å². The molecule has 2 atom stereocenters. The average Bonchev–Trinajstić information content (AvgIpc) is 2.27. The molecule has 0 aromatic heterocycles. The van der Waals surface area contributed by atoms with Gasteiger partial charge in [0.2, 0.25) is 0 Å². The van der Waals surface area contributed by atoms with Crippen LogP contribution < -0.4 is 4.72 Å². The van der Waals surface area contributed by atoms with Gasteiger partial charge in [-0.05, 0) is 19.1 Å². The molecule has 0 aliphatic heterocycles. The van der Waals surface area contributed by atoms with Crippen molar-refractivity contribution in [3.8, 4) is 0 Å². The number of halogens is 2. The van der Waals surface area contributed by atoms with Crippen molar-refractivity contribution in [2.75, 3.05) is 14.1 Å². The fraction of sp³-hybridized carbons (Fsp3) is 0.455. The minimum Gasteiger partial charge on any atom is -0.387 e. The van der Waals surface area contributed by atoms with Gasteiger partial charge in [-0.3, -0.25) is 0 Å². The lowest BCUT2D eigenvalue weighted by Crippen LogP contribution is -2.43. The summed E-state index contributed by atoms with van der Waals surface area (Å²) in [6.07, 6.45) is -1.63. The second kappa shape index (κ2) is 5.91. The van der Waals surface area contributed by atoms with E-state index in [2.05, 4.69) is 4.72 Å². The third kappa shape index (κ3) is 3.69. The topological polar surface area (TPSA) is 69.6 Å². The molecule has 8 heteroatoms. The smallest absolute Gasteiger partial charge is 0.279 e. The SMILES string of the molecule is CC(NS(=O)(=O)N(C)C)C(O)c1c(F)cccc1F. The minimum atomic E-state index is -3.80. The predicted molar refractivity (Wildman–Crippen MR) is 66.5 cm³/mol. The van der Waals surface area contributed by atoms with Crippen molar-refractivity contribution in [2.24, 2.45) is 0 Å². The van der Waals surface area contributed by atoms with Crippen LogP contribution in [0.15, 0.2) is 18.2 Å². The summed E-state index contributed by atoms with van der Waals surface area (Å²) in [4.78, 5) is 0. The van der Waals surface area contributed by atoms with Gasteiger partial charge in [-0.25, -0.2) is 8.78 Å². The summed E-state index contributed by atoms with van der Waals surface area (Å²) in [7, 11) is -1.20. The number of aliphatic hydroxyl groups excluding tert-OH is 1. The van der Waals surface area contributed by atoms with Crippen LogP contribution >= 0.6 is 0 Å². The first kappa shape index (κ1) is 16.0. The van der Waals surface area contributed by atoms with E-state index in [1.54, 1.807) is 0 Å². The summed E-state index contributed by atoms with van der Waals surface area (Å²) in [6, 6.07) is 2.07. The first-order valence-electron chi connectivity index (χ1n) is 5.48. The van der Waals surface area contributed by atoms with Crippen LogP contribution in [0.3, 0.4) is 0 Å². The summed E-state index contributed by atoms with van der Waals surface area (Å²) in [5.41, 5.74) is -0.559. The first-order chi connectivity index (χ1) is 8.66. The zero-order valence-corrected chi connectivity index (χ0v) is 11.6. The number of nitrogens with one attached hydrogen (secondary N) is 1. The zero-order valence-electron chi connectivity index (χ0n) is 10.8. The summed E-state index contributed by atoms with van der Waals surface area (Å²) in [5, 5.41) is 9.87. The average molecular weight is 294 g/mol. The molecule has 108 valence electrons. The Balaban J connectivity index is 2.98. The monoisotopic (exact) mass is 294 g/mol. The van der Waals surface area contributed by atoms with Gasteiger partial charge in [0, 0.05) is 14.1 Å². The van der Waals surface area contributed by atoms with Crippen LogP contribution in [0.1, 0.15) is 18.6 Å². The van der Waals surface area contributed by atoms with Crippen molar-refractivity contribution >= 4 is 10.2 Å². The Kier molecular flexibility index (Phi) is 4.97. The number of hydrogen-bond acceptors (Lipinski definition) is 3. The third-order valence-corrected chi connectivity index (χ3v) is 4.22. The molecule has 0 saturated heterocycles. The molecule has 1 rings (SSSR count). The van der Waals surface area contributed by atoms with Crippen molar-refractivity contribution in [2.45, 2.75) is 19.1 Å². The standard InChI is InChI=1S/C11H16F2N2O3S/c1-7(14-19(17,18)15(2)3)11(16)10-8(12)5-4-6-9(10)13/h4-7,11,14,16H,1-3H3. The van der Waals surface area contributed by atoms with Gasteiger partial charge in [-0.1, -0.05) is 6.07 Å². The fourth-order valence-electron chi connectivity index (χ4n) is 1.45. The summed E-state index contributed by atoms with van der Waals surface area (Å²) in [5.74, 6) is -1.85. The Morgan fingerprint density at radius 3 is 2.16 bits per heavy atom. The molecule has 1 aromatic rings. The molecule has 1 aromatic carbocycles. The lowest BCUT2D eigenvalue weighted by Gasteiger charge is -2.23. The van der Waals surface area contributed by atoms with Gasteiger partial charge in [0.25, 0.3) is 10.2 Å². The zero-order chi connectivity index (χ0) is 14.8. The van der Waals surface area contributed by atoms with Crippen LogP contribution in [-0.4, -0.2) is 38.0 Å². The maximum atomic E-state index is 13.5.